The Morgan fingerprint density at radius 2 is 1.63 bits per heavy atom. The fraction of sp³-hybridized carbons (Fsp3) is 0.316. The molecule has 144 valence electrons. The third-order valence-corrected chi connectivity index (χ3v) is 6.53. The summed E-state index contributed by atoms with van der Waals surface area (Å²) in [5.74, 6) is -0.986. The second-order valence-electron chi connectivity index (χ2n) is 6.52. The monoisotopic (exact) mass is 394 g/mol. The molecule has 0 N–H and O–H groups in total. The third-order valence-electron chi connectivity index (χ3n) is 4.63. The number of nitrogens with zero attached hydrogens (tertiary/aromatic N) is 2. The van der Waals surface area contributed by atoms with Gasteiger partial charge in [0.2, 0.25) is 10.0 Å². The summed E-state index contributed by atoms with van der Waals surface area (Å²) in [6, 6.07) is 9.10. The standard InChI is InChI=1S/C19H20F2N2O3S/c1-14-12-17(6-7-18(14)21)27(25,26)23-10-8-22(9-11-23)13-19(24)15-2-4-16(20)5-3-15/h2-7,12H,8-11,13H2,1H3. The predicted octanol–water partition coefficient (Wildman–Crippen LogP) is 2.46. The van der Waals surface area contributed by atoms with Crippen LogP contribution in [0.4, 0.5) is 8.78 Å². The highest BCUT2D eigenvalue weighted by Crippen LogP contribution is 2.20. The Balaban J connectivity index is 1.61. The molecule has 0 atom stereocenters. The van der Waals surface area contributed by atoms with E-state index in [0.29, 0.717) is 18.7 Å². The maximum atomic E-state index is 13.4. The fourth-order valence-corrected chi connectivity index (χ4v) is 4.49. The molecule has 0 amide bonds. The average Bonchev–Trinajstić information content (AvgIpc) is 2.65. The predicted molar refractivity (Wildman–Crippen MR) is 97.1 cm³/mol. The maximum absolute atomic E-state index is 13.4. The molecule has 5 nitrogen and oxygen atoms in total. The van der Waals surface area contributed by atoms with E-state index < -0.39 is 21.7 Å². The molecule has 0 aromatic heterocycles. The number of rotatable bonds is 5. The zero-order valence-corrected chi connectivity index (χ0v) is 15.7. The van der Waals surface area contributed by atoms with Crippen LogP contribution in [0.5, 0.6) is 0 Å². The SMILES string of the molecule is Cc1cc(S(=O)(=O)N2CCN(CC(=O)c3ccc(F)cc3)CC2)ccc1F. The van der Waals surface area contributed by atoms with Crippen LogP contribution in [0, 0.1) is 18.6 Å². The molecule has 3 rings (SSSR count). The van der Waals surface area contributed by atoms with Gasteiger partial charge in [-0.2, -0.15) is 4.31 Å². The maximum Gasteiger partial charge on any atom is 0.243 e. The summed E-state index contributed by atoms with van der Waals surface area (Å²) < 4.78 is 53.1. The average molecular weight is 394 g/mol. The minimum atomic E-state index is -3.70. The zero-order valence-electron chi connectivity index (χ0n) is 14.9. The van der Waals surface area contributed by atoms with Crippen LogP contribution >= 0.6 is 0 Å². The Morgan fingerprint density at radius 3 is 2.22 bits per heavy atom. The summed E-state index contributed by atoms with van der Waals surface area (Å²) in [4.78, 5) is 14.2. The highest BCUT2D eigenvalue weighted by molar-refractivity contribution is 7.89. The molecule has 1 aliphatic heterocycles. The molecule has 0 unspecified atom stereocenters. The van der Waals surface area contributed by atoms with E-state index in [4.69, 9.17) is 0 Å². The van der Waals surface area contributed by atoms with Crippen LogP contribution in [-0.4, -0.2) is 56.1 Å². The molecule has 1 saturated heterocycles. The topological polar surface area (TPSA) is 57.7 Å². The number of carbonyl (C=O) groups excluding carboxylic acids is 1. The lowest BCUT2D eigenvalue weighted by Gasteiger charge is -2.33. The number of hydrogen-bond donors (Lipinski definition) is 0. The third kappa shape index (κ3) is 4.40. The van der Waals surface area contributed by atoms with E-state index in [1.165, 1.54) is 47.6 Å². The van der Waals surface area contributed by atoms with Gasteiger partial charge in [-0.05, 0) is 55.0 Å². The van der Waals surface area contributed by atoms with Crippen molar-refractivity contribution in [3.05, 3.63) is 65.2 Å². The van der Waals surface area contributed by atoms with Crippen molar-refractivity contribution in [2.24, 2.45) is 0 Å². The van der Waals surface area contributed by atoms with Crippen molar-refractivity contribution >= 4 is 15.8 Å². The smallest absolute Gasteiger partial charge is 0.243 e. The van der Waals surface area contributed by atoms with Gasteiger partial charge in [0, 0.05) is 31.7 Å². The van der Waals surface area contributed by atoms with Gasteiger partial charge in [0.25, 0.3) is 0 Å². The van der Waals surface area contributed by atoms with Crippen molar-refractivity contribution in [2.75, 3.05) is 32.7 Å². The molecule has 1 fully saturated rings. The van der Waals surface area contributed by atoms with Crippen LogP contribution in [0.1, 0.15) is 15.9 Å². The van der Waals surface area contributed by atoms with Gasteiger partial charge in [0.05, 0.1) is 11.4 Å². The Bertz CT molecular complexity index is 938. The number of benzene rings is 2. The number of halogens is 2. The van der Waals surface area contributed by atoms with Crippen molar-refractivity contribution in [3.63, 3.8) is 0 Å². The summed E-state index contributed by atoms with van der Waals surface area (Å²) >= 11 is 0. The van der Waals surface area contributed by atoms with E-state index in [2.05, 4.69) is 0 Å². The van der Waals surface area contributed by atoms with Gasteiger partial charge in [-0.15, -0.1) is 0 Å². The van der Waals surface area contributed by atoms with Gasteiger partial charge in [-0.25, -0.2) is 17.2 Å². The second-order valence-corrected chi connectivity index (χ2v) is 8.46. The fourth-order valence-electron chi connectivity index (χ4n) is 2.98. The van der Waals surface area contributed by atoms with E-state index in [9.17, 15) is 22.0 Å². The van der Waals surface area contributed by atoms with Crippen LogP contribution < -0.4 is 0 Å². The second kappa shape index (κ2) is 7.84. The lowest BCUT2D eigenvalue weighted by molar-refractivity contribution is 0.0901. The molecule has 1 heterocycles. The molecule has 0 bridgehead atoms. The van der Waals surface area contributed by atoms with Gasteiger partial charge in [-0.1, -0.05) is 0 Å². The van der Waals surface area contributed by atoms with Crippen LogP contribution in [0.2, 0.25) is 0 Å². The normalized spacial score (nSPS) is 16.4. The van der Waals surface area contributed by atoms with E-state index in [-0.39, 0.29) is 35.9 Å². The summed E-state index contributed by atoms with van der Waals surface area (Å²) in [7, 11) is -3.70. The minimum Gasteiger partial charge on any atom is -0.293 e. The largest absolute Gasteiger partial charge is 0.293 e. The summed E-state index contributed by atoms with van der Waals surface area (Å²) in [5.41, 5.74) is 0.702. The van der Waals surface area contributed by atoms with Crippen LogP contribution in [0.3, 0.4) is 0 Å². The molecule has 2 aromatic carbocycles. The molecule has 0 aliphatic carbocycles. The van der Waals surface area contributed by atoms with Crippen LogP contribution in [0.15, 0.2) is 47.4 Å². The van der Waals surface area contributed by atoms with Gasteiger partial charge < -0.3 is 0 Å². The first-order valence-electron chi connectivity index (χ1n) is 8.55. The molecular formula is C19H20F2N2O3S. The minimum absolute atomic E-state index is 0.0669. The first kappa shape index (κ1) is 19.6. The Morgan fingerprint density at radius 1 is 1.00 bits per heavy atom. The number of ketones is 1. The number of aryl methyl sites for hydroxylation is 1. The lowest BCUT2D eigenvalue weighted by Crippen LogP contribution is -2.49. The van der Waals surface area contributed by atoms with Crippen molar-refractivity contribution < 1.29 is 22.0 Å². The summed E-state index contributed by atoms with van der Waals surface area (Å²) in [6.07, 6.45) is 0. The molecule has 0 radical (unpaired) electrons. The van der Waals surface area contributed by atoms with Gasteiger partial charge in [0.15, 0.2) is 5.78 Å². The number of carbonyl (C=O) groups is 1. The molecular weight excluding hydrogens is 374 g/mol. The van der Waals surface area contributed by atoms with E-state index in [0.717, 1.165) is 6.07 Å². The molecule has 27 heavy (non-hydrogen) atoms. The molecule has 8 heteroatoms. The van der Waals surface area contributed by atoms with Gasteiger partial charge >= 0.3 is 0 Å². The number of sulfonamides is 1. The van der Waals surface area contributed by atoms with Crippen molar-refractivity contribution in [3.8, 4) is 0 Å². The first-order chi connectivity index (χ1) is 12.8. The van der Waals surface area contributed by atoms with Crippen molar-refractivity contribution in [1.29, 1.82) is 0 Å². The van der Waals surface area contributed by atoms with E-state index in [1.54, 1.807) is 0 Å². The number of piperazine rings is 1. The Labute approximate surface area is 157 Å². The lowest BCUT2D eigenvalue weighted by atomic mass is 10.1. The highest BCUT2D eigenvalue weighted by atomic mass is 32.2. The number of Topliss-reactive ketones (excluding diaryl/α,β-unsaturated/α-hetero) is 1. The Hall–Kier alpha value is -2.16. The molecule has 1 aliphatic rings. The zero-order chi connectivity index (χ0) is 19.6. The highest BCUT2D eigenvalue weighted by Gasteiger charge is 2.29. The van der Waals surface area contributed by atoms with Crippen LogP contribution in [-0.2, 0) is 10.0 Å². The van der Waals surface area contributed by atoms with Crippen molar-refractivity contribution in [2.45, 2.75) is 11.8 Å². The summed E-state index contributed by atoms with van der Waals surface area (Å²) in [5, 5.41) is 0. The van der Waals surface area contributed by atoms with Crippen molar-refractivity contribution in [1.82, 2.24) is 9.21 Å². The number of hydrogen-bond acceptors (Lipinski definition) is 4. The first-order valence-corrected chi connectivity index (χ1v) is 9.99. The van der Waals surface area contributed by atoms with E-state index >= 15 is 0 Å². The van der Waals surface area contributed by atoms with Gasteiger partial charge in [0.1, 0.15) is 11.6 Å². The Kier molecular flexibility index (Phi) is 5.69. The summed E-state index contributed by atoms with van der Waals surface area (Å²) in [6.45, 7) is 2.98. The quantitative estimate of drug-likeness (QED) is 0.731. The van der Waals surface area contributed by atoms with Gasteiger partial charge in [-0.3, -0.25) is 9.69 Å². The molecule has 2 aromatic rings. The molecule has 0 saturated carbocycles. The van der Waals surface area contributed by atoms with Crippen LogP contribution in [0.25, 0.3) is 0 Å². The van der Waals surface area contributed by atoms with E-state index in [1.807, 2.05) is 4.90 Å². The molecule has 0 spiro atoms.